The minimum atomic E-state index is 0.755. The number of rotatable bonds is 6. The van der Waals surface area contributed by atoms with E-state index in [1.807, 2.05) is 12.1 Å². The third-order valence-electron chi connectivity index (χ3n) is 3.59. The molecule has 0 saturated heterocycles. The van der Waals surface area contributed by atoms with Crippen LogP contribution >= 0.6 is 15.9 Å². The van der Waals surface area contributed by atoms with Gasteiger partial charge >= 0.3 is 0 Å². The molecule has 20 heavy (non-hydrogen) atoms. The Morgan fingerprint density at radius 1 is 1.35 bits per heavy atom. The lowest BCUT2D eigenvalue weighted by Gasteiger charge is -2.08. The number of hydrogen-bond donors (Lipinski definition) is 1. The normalized spacial score (nSPS) is 14.5. The highest BCUT2D eigenvalue weighted by molar-refractivity contribution is 9.10. The summed E-state index contributed by atoms with van der Waals surface area (Å²) in [5.74, 6) is 0.894. The molecule has 0 bridgehead atoms. The largest absolute Gasteiger partial charge is 0.497 e. The van der Waals surface area contributed by atoms with Crippen LogP contribution in [0.4, 0.5) is 0 Å². The molecule has 0 atom stereocenters. The molecule has 2 aromatic rings. The van der Waals surface area contributed by atoms with Crippen LogP contribution in [0.5, 0.6) is 5.75 Å². The molecule has 1 saturated carbocycles. The third kappa shape index (κ3) is 3.44. The number of benzene rings is 1. The fourth-order valence-electron chi connectivity index (χ4n) is 2.24. The predicted octanol–water partition coefficient (Wildman–Crippen LogP) is 3.56. The quantitative estimate of drug-likeness (QED) is 0.874. The Morgan fingerprint density at radius 2 is 2.20 bits per heavy atom. The van der Waals surface area contributed by atoms with E-state index in [0.29, 0.717) is 0 Å². The average molecular weight is 335 g/mol. The van der Waals surface area contributed by atoms with Crippen LogP contribution in [-0.2, 0) is 13.1 Å². The van der Waals surface area contributed by atoms with Crippen LogP contribution in [-0.4, -0.2) is 17.7 Å². The van der Waals surface area contributed by atoms with Gasteiger partial charge in [-0.2, -0.15) is 0 Å². The van der Waals surface area contributed by atoms with Crippen molar-refractivity contribution >= 4 is 15.9 Å². The van der Waals surface area contributed by atoms with E-state index in [9.17, 15) is 0 Å². The van der Waals surface area contributed by atoms with E-state index in [1.54, 1.807) is 7.11 Å². The Kier molecular flexibility index (Phi) is 4.13. The molecule has 3 rings (SSSR count). The second-order valence-corrected chi connectivity index (χ2v) is 6.16. The minimum Gasteiger partial charge on any atom is -0.497 e. The van der Waals surface area contributed by atoms with Crippen LogP contribution in [0, 0.1) is 0 Å². The van der Waals surface area contributed by atoms with Crippen molar-refractivity contribution in [2.75, 3.05) is 7.11 Å². The highest BCUT2D eigenvalue weighted by Crippen LogP contribution is 2.24. The average Bonchev–Trinajstić information content (AvgIpc) is 3.19. The number of ether oxygens (including phenoxy) is 1. The monoisotopic (exact) mass is 334 g/mol. The van der Waals surface area contributed by atoms with E-state index in [-0.39, 0.29) is 0 Å². The van der Waals surface area contributed by atoms with E-state index in [0.717, 1.165) is 29.4 Å². The molecule has 1 fully saturated rings. The number of aromatic nitrogens is 1. The Labute approximate surface area is 128 Å². The van der Waals surface area contributed by atoms with Gasteiger partial charge in [0.2, 0.25) is 0 Å². The van der Waals surface area contributed by atoms with Crippen LogP contribution in [0.3, 0.4) is 0 Å². The second-order valence-electron chi connectivity index (χ2n) is 5.30. The summed E-state index contributed by atoms with van der Waals surface area (Å²) < 4.78 is 8.61. The van der Waals surface area contributed by atoms with Gasteiger partial charge in [-0.15, -0.1) is 0 Å². The maximum Gasteiger partial charge on any atom is 0.119 e. The molecule has 1 heterocycles. The molecule has 4 heteroatoms. The van der Waals surface area contributed by atoms with Crippen LogP contribution in [0.25, 0.3) is 0 Å². The van der Waals surface area contributed by atoms with Crippen LogP contribution in [0.1, 0.15) is 24.0 Å². The molecular weight excluding hydrogens is 316 g/mol. The van der Waals surface area contributed by atoms with Crippen molar-refractivity contribution in [3.05, 3.63) is 52.3 Å². The van der Waals surface area contributed by atoms with Crippen LogP contribution < -0.4 is 10.1 Å². The van der Waals surface area contributed by atoms with E-state index < -0.39 is 0 Å². The zero-order valence-electron chi connectivity index (χ0n) is 11.6. The minimum absolute atomic E-state index is 0.755. The molecule has 0 unspecified atom stereocenters. The molecule has 1 aliphatic carbocycles. The predicted molar refractivity (Wildman–Crippen MR) is 84.1 cm³/mol. The zero-order chi connectivity index (χ0) is 13.9. The highest BCUT2D eigenvalue weighted by Gasteiger charge is 2.19. The zero-order valence-corrected chi connectivity index (χ0v) is 13.2. The number of nitrogens with one attached hydrogen (secondary N) is 1. The second kappa shape index (κ2) is 6.02. The molecule has 1 aromatic carbocycles. The molecule has 3 nitrogen and oxygen atoms in total. The first-order valence-electron chi connectivity index (χ1n) is 6.95. The van der Waals surface area contributed by atoms with Crippen LogP contribution in [0.15, 0.2) is 41.1 Å². The smallest absolute Gasteiger partial charge is 0.119 e. The van der Waals surface area contributed by atoms with Gasteiger partial charge in [-0.25, -0.2) is 0 Å². The van der Waals surface area contributed by atoms with Crippen molar-refractivity contribution in [1.82, 2.24) is 9.88 Å². The SMILES string of the molecule is COc1ccc(Br)c(Cn2ccc(CNC3CC3)c2)c1. The van der Waals surface area contributed by atoms with E-state index in [2.05, 4.69) is 50.3 Å². The lowest BCUT2D eigenvalue weighted by Crippen LogP contribution is -2.14. The highest BCUT2D eigenvalue weighted by atomic mass is 79.9. The molecule has 1 aliphatic rings. The fourth-order valence-corrected chi connectivity index (χ4v) is 2.61. The Hall–Kier alpha value is -1.26. The Bertz CT molecular complexity index is 590. The third-order valence-corrected chi connectivity index (χ3v) is 4.36. The number of hydrogen-bond acceptors (Lipinski definition) is 2. The first-order chi connectivity index (χ1) is 9.74. The van der Waals surface area contributed by atoms with Gasteiger partial charge in [0, 0.05) is 36.0 Å². The number of halogens is 1. The summed E-state index contributed by atoms with van der Waals surface area (Å²) in [5.41, 5.74) is 2.57. The first-order valence-corrected chi connectivity index (χ1v) is 7.74. The number of nitrogens with zero attached hydrogens (tertiary/aromatic N) is 1. The maximum absolute atomic E-state index is 5.28. The van der Waals surface area contributed by atoms with Gasteiger partial charge < -0.3 is 14.6 Å². The van der Waals surface area contributed by atoms with Gasteiger partial charge in [-0.1, -0.05) is 15.9 Å². The van der Waals surface area contributed by atoms with Crippen molar-refractivity contribution < 1.29 is 4.74 Å². The van der Waals surface area contributed by atoms with E-state index >= 15 is 0 Å². The van der Waals surface area contributed by atoms with E-state index in [4.69, 9.17) is 4.74 Å². The van der Waals surface area contributed by atoms with Crippen molar-refractivity contribution in [2.45, 2.75) is 32.0 Å². The molecule has 0 radical (unpaired) electrons. The Morgan fingerprint density at radius 3 is 2.95 bits per heavy atom. The first kappa shape index (κ1) is 13.7. The standard InChI is InChI=1S/C16H19BrN2O/c1-20-15-4-5-16(17)13(8-15)11-19-7-6-12(10-19)9-18-14-2-3-14/h4-8,10,14,18H,2-3,9,11H2,1H3. The molecule has 1 aromatic heterocycles. The van der Waals surface area contributed by atoms with Crippen LogP contribution in [0.2, 0.25) is 0 Å². The summed E-state index contributed by atoms with van der Waals surface area (Å²) in [5, 5.41) is 3.54. The Balaban J connectivity index is 1.67. The summed E-state index contributed by atoms with van der Waals surface area (Å²) in [6.45, 7) is 1.82. The summed E-state index contributed by atoms with van der Waals surface area (Å²) in [4.78, 5) is 0. The van der Waals surface area contributed by atoms with Crippen molar-refractivity contribution in [2.24, 2.45) is 0 Å². The molecule has 1 N–H and O–H groups in total. The molecule has 0 spiro atoms. The topological polar surface area (TPSA) is 26.2 Å². The lowest BCUT2D eigenvalue weighted by molar-refractivity contribution is 0.414. The molecule has 106 valence electrons. The van der Waals surface area contributed by atoms with Crippen molar-refractivity contribution in [3.8, 4) is 5.75 Å². The van der Waals surface area contributed by atoms with Gasteiger partial charge in [0.05, 0.1) is 7.11 Å². The van der Waals surface area contributed by atoms with Gasteiger partial charge in [0.25, 0.3) is 0 Å². The molecule has 0 aliphatic heterocycles. The van der Waals surface area contributed by atoms with Gasteiger partial charge in [0.1, 0.15) is 5.75 Å². The molecule has 0 amide bonds. The van der Waals surface area contributed by atoms with Gasteiger partial charge in [-0.3, -0.25) is 0 Å². The van der Waals surface area contributed by atoms with Crippen molar-refractivity contribution in [3.63, 3.8) is 0 Å². The fraction of sp³-hybridized carbons (Fsp3) is 0.375. The molecular formula is C16H19BrN2O. The summed E-state index contributed by atoms with van der Waals surface area (Å²) >= 11 is 3.60. The van der Waals surface area contributed by atoms with Crippen molar-refractivity contribution in [1.29, 1.82) is 0 Å². The summed E-state index contributed by atoms with van der Waals surface area (Å²) in [7, 11) is 1.70. The summed E-state index contributed by atoms with van der Waals surface area (Å²) in [6.07, 6.45) is 7.01. The van der Waals surface area contributed by atoms with Gasteiger partial charge in [0.15, 0.2) is 0 Å². The lowest BCUT2D eigenvalue weighted by atomic mass is 10.2. The number of methoxy groups -OCH3 is 1. The van der Waals surface area contributed by atoms with E-state index in [1.165, 1.54) is 24.0 Å². The maximum atomic E-state index is 5.28. The summed E-state index contributed by atoms with van der Waals surface area (Å²) in [6, 6.07) is 9.02. The van der Waals surface area contributed by atoms with Gasteiger partial charge in [-0.05, 0) is 48.2 Å².